The van der Waals surface area contributed by atoms with E-state index < -0.39 is 10.0 Å². The number of carbonyl (C=O) groups excluding carboxylic acids is 1. The summed E-state index contributed by atoms with van der Waals surface area (Å²) in [6.45, 7) is 1.33. The van der Waals surface area contributed by atoms with E-state index in [-0.39, 0.29) is 28.7 Å². The SMILES string of the molecule is CN(C1CCCCC1)S(=O)(=O)c1ccc(NC(=O)CSc2nnnn2C[C@@H]2CCCO2)cc1. The van der Waals surface area contributed by atoms with Gasteiger partial charge in [-0.1, -0.05) is 31.0 Å². The number of ether oxygens (including phenoxy) is 1. The summed E-state index contributed by atoms with van der Waals surface area (Å²) >= 11 is 1.25. The van der Waals surface area contributed by atoms with Crippen molar-refractivity contribution >= 4 is 33.4 Å². The van der Waals surface area contributed by atoms with Crippen LogP contribution < -0.4 is 5.32 Å². The fraction of sp³-hybridized carbons (Fsp3) is 0.619. The smallest absolute Gasteiger partial charge is 0.243 e. The van der Waals surface area contributed by atoms with Gasteiger partial charge < -0.3 is 10.1 Å². The third-order valence-electron chi connectivity index (χ3n) is 6.14. The molecule has 10 nitrogen and oxygen atoms in total. The number of sulfonamides is 1. The fourth-order valence-corrected chi connectivity index (χ4v) is 6.34. The van der Waals surface area contributed by atoms with E-state index in [1.807, 2.05) is 0 Å². The van der Waals surface area contributed by atoms with Crippen molar-refractivity contribution in [1.82, 2.24) is 24.5 Å². The number of benzene rings is 1. The Morgan fingerprint density at radius 1 is 1.18 bits per heavy atom. The van der Waals surface area contributed by atoms with Gasteiger partial charge in [0.2, 0.25) is 21.1 Å². The Morgan fingerprint density at radius 3 is 2.64 bits per heavy atom. The lowest BCUT2D eigenvalue weighted by Gasteiger charge is -2.30. The van der Waals surface area contributed by atoms with Gasteiger partial charge in [0.1, 0.15) is 0 Å². The average molecular weight is 495 g/mol. The zero-order valence-corrected chi connectivity index (χ0v) is 20.4. The van der Waals surface area contributed by atoms with Gasteiger partial charge in [-0.05, 0) is 60.4 Å². The molecule has 1 aliphatic heterocycles. The molecule has 4 rings (SSSR count). The molecule has 180 valence electrons. The van der Waals surface area contributed by atoms with Gasteiger partial charge in [-0.2, -0.15) is 4.31 Å². The van der Waals surface area contributed by atoms with Gasteiger partial charge in [-0.3, -0.25) is 4.79 Å². The van der Waals surface area contributed by atoms with E-state index in [2.05, 4.69) is 20.8 Å². The molecule has 1 saturated heterocycles. The van der Waals surface area contributed by atoms with Crippen LogP contribution in [0.5, 0.6) is 0 Å². The molecular weight excluding hydrogens is 464 g/mol. The molecule has 0 spiro atoms. The quantitative estimate of drug-likeness (QED) is 0.528. The molecule has 0 unspecified atom stereocenters. The molecule has 1 amide bonds. The number of carbonyl (C=O) groups is 1. The van der Waals surface area contributed by atoms with Crippen molar-refractivity contribution < 1.29 is 17.9 Å². The Labute approximate surface area is 198 Å². The van der Waals surface area contributed by atoms with Crippen molar-refractivity contribution in [2.45, 2.75) is 73.7 Å². The summed E-state index contributed by atoms with van der Waals surface area (Å²) in [5, 5.41) is 15.0. The van der Waals surface area contributed by atoms with Crippen LogP contribution in [0.2, 0.25) is 0 Å². The number of hydrogen-bond donors (Lipinski definition) is 1. The van der Waals surface area contributed by atoms with Crippen molar-refractivity contribution in [2.75, 3.05) is 24.7 Å². The summed E-state index contributed by atoms with van der Waals surface area (Å²) < 4.78 is 34.7. The zero-order valence-electron chi connectivity index (χ0n) is 18.7. The summed E-state index contributed by atoms with van der Waals surface area (Å²) in [5.41, 5.74) is 0.541. The highest BCUT2D eigenvalue weighted by Crippen LogP contribution is 2.27. The molecule has 1 aliphatic carbocycles. The number of anilines is 1. The lowest BCUT2D eigenvalue weighted by Crippen LogP contribution is -2.38. The molecule has 1 atom stereocenters. The maximum atomic E-state index is 13.0. The monoisotopic (exact) mass is 494 g/mol. The van der Waals surface area contributed by atoms with E-state index in [4.69, 9.17) is 4.74 Å². The van der Waals surface area contributed by atoms with Gasteiger partial charge in [0, 0.05) is 25.4 Å². The fourth-order valence-electron chi connectivity index (χ4n) is 4.24. The predicted molar refractivity (Wildman–Crippen MR) is 124 cm³/mol. The standard InChI is InChI=1S/C21H30N6O4S2/c1-26(17-6-3-2-4-7-17)33(29,30)19-11-9-16(10-12-19)22-20(28)15-32-21-23-24-25-27(21)14-18-8-5-13-31-18/h9-12,17-18H,2-8,13-15H2,1H3,(H,22,28)/t18-/m0/s1. The van der Waals surface area contributed by atoms with Crippen LogP contribution in [0.4, 0.5) is 5.69 Å². The number of nitrogens with one attached hydrogen (secondary N) is 1. The Kier molecular flexibility index (Phi) is 7.99. The zero-order chi connectivity index (χ0) is 23.3. The summed E-state index contributed by atoms with van der Waals surface area (Å²) in [7, 11) is -1.90. The number of amides is 1. The minimum absolute atomic E-state index is 0.0527. The third kappa shape index (κ3) is 6.11. The van der Waals surface area contributed by atoms with Crippen molar-refractivity contribution in [2.24, 2.45) is 0 Å². The molecular formula is C21H30N6O4S2. The van der Waals surface area contributed by atoms with Crippen LogP contribution in [-0.2, 0) is 26.1 Å². The summed E-state index contributed by atoms with van der Waals surface area (Å²) in [6, 6.07) is 6.37. The maximum absolute atomic E-state index is 13.0. The largest absolute Gasteiger partial charge is 0.376 e. The summed E-state index contributed by atoms with van der Waals surface area (Å²) in [6.07, 6.45) is 7.22. The van der Waals surface area contributed by atoms with Crippen molar-refractivity contribution in [3.63, 3.8) is 0 Å². The van der Waals surface area contributed by atoms with E-state index in [0.717, 1.165) is 45.1 Å². The average Bonchev–Trinajstić information content (AvgIpc) is 3.50. The summed E-state index contributed by atoms with van der Waals surface area (Å²) in [5.74, 6) is -0.0855. The molecule has 2 fully saturated rings. The molecule has 0 radical (unpaired) electrons. The number of aromatic nitrogens is 4. The Morgan fingerprint density at radius 2 is 1.94 bits per heavy atom. The lowest BCUT2D eigenvalue weighted by atomic mass is 9.96. The Hall–Kier alpha value is -2.02. The maximum Gasteiger partial charge on any atom is 0.243 e. The second-order valence-electron chi connectivity index (χ2n) is 8.45. The van der Waals surface area contributed by atoms with E-state index in [1.54, 1.807) is 36.0 Å². The molecule has 1 aromatic heterocycles. The van der Waals surface area contributed by atoms with Crippen molar-refractivity contribution in [1.29, 1.82) is 0 Å². The predicted octanol–water partition coefficient (Wildman–Crippen LogP) is 2.54. The molecule has 33 heavy (non-hydrogen) atoms. The highest BCUT2D eigenvalue weighted by molar-refractivity contribution is 7.99. The van der Waals surface area contributed by atoms with Crippen LogP contribution in [-0.4, -0.2) is 70.4 Å². The van der Waals surface area contributed by atoms with E-state index in [9.17, 15) is 13.2 Å². The van der Waals surface area contributed by atoms with Crippen LogP contribution in [0.1, 0.15) is 44.9 Å². The van der Waals surface area contributed by atoms with Crippen LogP contribution in [0.3, 0.4) is 0 Å². The number of thioether (sulfide) groups is 1. The minimum Gasteiger partial charge on any atom is -0.376 e. The van der Waals surface area contributed by atoms with Crippen LogP contribution in [0.25, 0.3) is 0 Å². The van der Waals surface area contributed by atoms with Gasteiger partial charge in [-0.25, -0.2) is 13.1 Å². The van der Waals surface area contributed by atoms with Gasteiger partial charge in [0.05, 0.1) is 23.3 Å². The van der Waals surface area contributed by atoms with Crippen LogP contribution >= 0.6 is 11.8 Å². The van der Waals surface area contributed by atoms with Crippen molar-refractivity contribution in [3.8, 4) is 0 Å². The normalized spacial score (nSPS) is 19.8. The molecule has 1 saturated carbocycles. The van der Waals surface area contributed by atoms with E-state index >= 15 is 0 Å². The first-order valence-electron chi connectivity index (χ1n) is 11.3. The van der Waals surface area contributed by atoms with E-state index in [1.165, 1.54) is 22.5 Å². The highest BCUT2D eigenvalue weighted by atomic mass is 32.2. The lowest BCUT2D eigenvalue weighted by molar-refractivity contribution is -0.113. The van der Waals surface area contributed by atoms with E-state index in [0.29, 0.717) is 17.4 Å². The molecule has 12 heteroatoms. The first kappa shape index (κ1) is 24.1. The van der Waals surface area contributed by atoms with Crippen LogP contribution in [0, 0.1) is 0 Å². The topological polar surface area (TPSA) is 119 Å². The molecule has 1 aromatic carbocycles. The molecule has 2 heterocycles. The number of rotatable bonds is 9. The number of tetrazole rings is 1. The second-order valence-corrected chi connectivity index (χ2v) is 11.4. The Balaban J connectivity index is 1.30. The molecule has 0 bridgehead atoms. The van der Waals surface area contributed by atoms with Crippen LogP contribution in [0.15, 0.2) is 34.3 Å². The van der Waals surface area contributed by atoms with Gasteiger partial charge in [-0.15, -0.1) is 5.10 Å². The van der Waals surface area contributed by atoms with Gasteiger partial charge >= 0.3 is 0 Å². The third-order valence-corrected chi connectivity index (χ3v) is 9.02. The number of hydrogen-bond acceptors (Lipinski definition) is 8. The summed E-state index contributed by atoms with van der Waals surface area (Å²) in [4.78, 5) is 12.6. The molecule has 2 aliphatic rings. The van der Waals surface area contributed by atoms with Gasteiger partial charge in [0.15, 0.2) is 0 Å². The number of nitrogens with zero attached hydrogens (tertiary/aromatic N) is 5. The Bertz CT molecular complexity index is 1030. The molecule has 2 aromatic rings. The first-order chi connectivity index (χ1) is 15.9. The molecule has 1 N–H and O–H groups in total. The van der Waals surface area contributed by atoms with Crippen molar-refractivity contribution in [3.05, 3.63) is 24.3 Å². The second kappa shape index (κ2) is 10.9. The minimum atomic E-state index is -3.56. The van der Waals surface area contributed by atoms with Gasteiger partial charge in [0.25, 0.3) is 0 Å². The highest BCUT2D eigenvalue weighted by Gasteiger charge is 2.29. The first-order valence-corrected chi connectivity index (χ1v) is 13.7.